The fraction of sp³-hybridized carbons (Fsp3) is 0.571. The van der Waals surface area contributed by atoms with Crippen LogP contribution in [0.2, 0.25) is 10.0 Å². The Kier molecular flexibility index (Phi) is 4.35. The van der Waals surface area contributed by atoms with Crippen LogP contribution in [0, 0.1) is 11.8 Å². The van der Waals surface area contributed by atoms with E-state index >= 15 is 0 Å². The number of benzene rings is 1. The lowest BCUT2D eigenvalue weighted by Crippen LogP contribution is -2.38. The third-order valence-electron chi connectivity index (χ3n) is 3.70. The minimum absolute atomic E-state index is 0.576. The van der Waals surface area contributed by atoms with Crippen LogP contribution in [0.3, 0.4) is 0 Å². The summed E-state index contributed by atoms with van der Waals surface area (Å²) in [6, 6.07) is 5.94. The first kappa shape index (κ1) is 13.2. The molecule has 1 nitrogen and oxygen atoms in total. The number of hydrogen-bond acceptors (Lipinski definition) is 1. The van der Waals surface area contributed by atoms with Crippen LogP contribution in [0.1, 0.15) is 31.7 Å². The van der Waals surface area contributed by atoms with Crippen LogP contribution >= 0.6 is 23.2 Å². The molecule has 1 aromatic carbocycles. The highest BCUT2D eigenvalue weighted by molar-refractivity contribution is 6.34. The van der Waals surface area contributed by atoms with E-state index in [-0.39, 0.29) is 0 Å². The normalized spacial score (nSPS) is 25.2. The molecule has 0 aliphatic carbocycles. The molecule has 1 aliphatic rings. The molecule has 0 spiro atoms. The maximum absolute atomic E-state index is 6.10. The summed E-state index contributed by atoms with van der Waals surface area (Å²) in [6.45, 7) is 6.75. The molecule has 94 valence electrons. The van der Waals surface area contributed by atoms with Crippen LogP contribution in [-0.2, 0) is 0 Å². The van der Waals surface area contributed by atoms with E-state index in [0.717, 1.165) is 23.1 Å². The molecule has 1 fully saturated rings. The molecular weight excluding hydrogens is 253 g/mol. The van der Waals surface area contributed by atoms with Gasteiger partial charge in [0.2, 0.25) is 0 Å². The minimum atomic E-state index is 0.576. The molecular formula is C14H19Cl2N. The van der Waals surface area contributed by atoms with Crippen molar-refractivity contribution in [1.29, 1.82) is 0 Å². The Morgan fingerprint density at radius 3 is 2.41 bits per heavy atom. The lowest BCUT2D eigenvalue weighted by molar-refractivity contribution is 0.255. The second-order valence-electron chi connectivity index (χ2n) is 5.21. The molecule has 1 heterocycles. The molecule has 0 saturated carbocycles. The van der Waals surface area contributed by atoms with Crippen molar-refractivity contribution in [2.45, 2.75) is 26.2 Å². The number of halogens is 2. The van der Waals surface area contributed by atoms with Gasteiger partial charge in [0.15, 0.2) is 0 Å². The van der Waals surface area contributed by atoms with Crippen molar-refractivity contribution in [3.63, 3.8) is 0 Å². The highest BCUT2D eigenvalue weighted by Crippen LogP contribution is 2.36. The SMILES string of the molecule is CC(C)C1CNCCC1c1cc(Cl)cc(Cl)c1. The largest absolute Gasteiger partial charge is 0.316 e. The van der Waals surface area contributed by atoms with Gasteiger partial charge in [-0.15, -0.1) is 0 Å². The highest BCUT2D eigenvalue weighted by Gasteiger charge is 2.28. The van der Waals surface area contributed by atoms with Crippen molar-refractivity contribution in [2.75, 3.05) is 13.1 Å². The lowest BCUT2D eigenvalue weighted by atomic mass is 9.75. The summed E-state index contributed by atoms with van der Waals surface area (Å²) < 4.78 is 0. The standard InChI is InChI=1S/C14H19Cl2N/c1-9(2)14-8-17-4-3-13(14)10-5-11(15)7-12(16)6-10/h5-7,9,13-14,17H,3-4,8H2,1-2H3. The summed E-state index contributed by atoms with van der Waals surface area (Å²) in [5.41, 5.74) is 1.29. The van der Waals surface area contributed by atoms with Crippen LogP contribution in [0.5, 0.6) is 0 Å². The van der Waals surface area contributed by atoms with E-state index in [9.17, 15) is 0 Å². The fourth-order valence-corrected chi connectivity index (χ4v) is 3.33. The van der Waals surface area contributed by atoms with Crippen LogP contribution in [0.15, 0.2) is 18.2 Å². The van der Waals surface area contributed by atoms with Gasteiger partial charge in [0.1, 0.15) is 0 Å². The monoisotopic (exact) mass is 271 g/mol. The summed E-state index contributed by atoms with van der Waals surface area (Å²) in [6.07, 6.45) is 1.17. The predicted molar refractivity (Wildman–Crippen MR) is 75.0 cm³/mol. The molecule has 1 saturated heterocycles. The molecule has 2 rings (SSSR count). The first-order valence-electron chi connectivity index (χ1n) is 6.24. The van der Waals surface area contributed by atoms with Crippen LogP contribution in [0.25, 0.3) is 0 Å². The predicted octanol–water partition coefficient (Wildman–Crippen LogP) is 4.34. The Morgan fingerprint density at radius 1 is 1.18 bits per heavy atom. The van der Waals surface area contributed by atoms with Crippen molar-refractivity contribution in [1.82, 2.24) is 5.32 Å². The first-order valence-corrected chi connectivity index (χ1v) is 7.00. The average Bonchev–Trinajstić information content (AvgIpc) is 2.27. The maximum atomic E-state index is 6.10. The zero-order valence-corrected chi connectivity index (χ0v) is 11.9. The highest BCUT2D eigenvalue weighted by atomic mass is 35.5. The molecule has 2 unspecified atom stereocenters. The quantitative estimate of drug-likeness (QED) is 0.844. The van der Waals surface area contributed by atoms with Gasteiger partial charge in [-0.1, -0.05) is 37.0 Å². The van der Waals surface area contributed by atoms with Gasteiger partial charge in [-0.2, -0.15) is 0 Å². The third kappa shape index (κ3) is 3.15. The van der Waals surface area contributed by atoms with Crippen molar-refractivity contribution in [3.8, 4) is 0 Å². The van der Waals surface area contributed by atoms with Gasteiger partial charge in [0.05, 0.1) is 0 Å². The van der Waals surface area contributed by atoms with E-state index in [1.165, 1.54) is 12.0 Å². The van der Waals surface area contributed by atoms with E-state index in [0.29, 0.717) is 17.8 Å². The number of nitrogens with one attached hydrogen (secondary N) is 1. The van der Waals surface area contributed by atoms with Gasteiger partial charge in [-0.05, 0) is 61.0 Å². The van der Waals surface area contributed by atoms with Crippen LogP contribution in [0.4, 0.5) is 0 Å². The van der Waals surface area contributed by atoms with Gasteiger partial charge in [-0.25, -0.2) is 0 Å². The molecule has 3 heteroatoms. The maximum Gasteiger partial charge on any atom is 0.0423 e. The second-order valence-corrected chi connectivity index (χ2v) is 6.08. The van der Waals surface area contributed by atoms with E-state index in [1.807, 2.05) is 0 Å². The molecule has 17 heavy (non-hydrogen) atoms. The molecule has 0 bridgehead atoms. The van der Waals surface area contributed by atoms with Crippen LogP contribution in [-0.4, -0.2) is 13.1 Å². The number of rotatable bonds is 2. The van der Waals surface area contributed by atoms with E-state index in [2.05, 4.69) is 31.3 Å². The van der Waals surface area contributed by atoms with Gasteiger partial charge in [0, 0.05) is 10.0 Å². The Labute approximate surface area is 114 Å². The van der Waals surface area contributed by atoms with Gasteiger partial charge in [0.25, 0.3) is 0 Å². The minimum Gasteiger partial charge on any atom is -0.316 e. The number of piperidine rings is 1. The molecule has 2 atom stereocenters. The zero-order valence-electron chi connectivity index (χ0n) is 10.3. The Morgan fingerprint density at radius 2 is 1.82 bits per heavy atom. The van der Waals surface area contributed by atoms with Crippen molar-refractivity contribution in [3.05, 3.63) is 33.8 Å². The molecule has 1 aliphatic heterocycles. The average molecular weight is 272 g/mol. The zero-order chi connectivity index (χ0) is 12.4. The summed E-state index contributed by atoms with van der Waals surface area (Å²) in [7, 11) is 0. The molecule has 0 amide bonds. The molecule has 0 aromatic heterocycles. The van der Waals surface area contributed by atoms with Crippen LogP contribution < -0.4 is 5.32 Å². The summed E-state index contributed by atoms with van der Waals surface area (Å²) in [5, 5.41) is 4.97. The Hall–Kier alpha value is -0.240. The molecule has 1 N–H and O–H groups in total. The number of hydrogen-bond donors (Lipinski definition) is 1. The summed E-state index contributed by atoms with van der Waals surface area (Å²) in [4.78, 5) is 0. The second kappa shape index (κ2) is 5.60. The smallest absolute Gasteiger partial charge is 0.0423 e. The van der Waals surface area contributed by atoms with E-state index in [1.54, 1.807) is 6.07 Å². The van der Waals surface area contributed by atoms with Crippen molar-refractivity contribution >= 4 is 23.2 Å². The van der Waals surface area contributed by atoms with E-state index in [4.69, 9.17) is 23.2 Å². The first-order chi connectivity index (χ1) is 8.08. The van der Waals surface area contributed by atoms with Gasteiger partial charge in [-0.3, -0.25) is 0 Å². The molecule has 1 aromatic rings. The third-order valence-corrected chi connectivity index (χ3v) is 4.13. The van der Waals surface area contributed by atoms with Crippen molar-refractivity contribution in [2.24, 2.45) is 11.8 Å². The van der Waals surface area contributed by atoms with Gasteiger partial charge < -0.3 is 5.32 Å². The molecule has 0 radical (unpaired) electrons. The summed E-state index contributed by atoms with van der Waals surface area (Å²) >= 11 is 12.2. The van der Waals surface area contributed by atoms with Crippen molar-refractivity contribution < 1.29 is 0 Å². The fourth-order valence-electron chi connectivity index (χ4n) is 2.79. The van der Waals surface area contributed by atoms with E-state index < -0.39 is 0 Å². The summed E-state index contributed by atoms with van der Waals surface area (Å²) in [5.74, 6) is 1.91. The Balaban J connectivity index is 2.29. The topological polar surface area (TPSA) is 12.0 Å². The van der Waals surface area contributed by atoms with Gasteiger partial charge >= 0.3 is 0 Å². The lowest BCUT2D eigenvalue weighted by Gasteiger charge is -2.35. The Bertz CT molecular complexity index is 370.